The first kappa shape index (κ1) is 12.1. The van der Waals surface area contributed by atoms with Gasteiger partial charge in [-0.25, -0.2) is 0 Å². The molecule has 0 amide bonds. The van der Waals surface area contributed by atoms with Crippen LogP contribution in [0.25, 0.3) is 0 Å². The minimum atomic E-state index is 0. The van der Waals surface area contributed by atoms with Crippen molar-refractivity contribution in [3.8, 4) is 0 Å². The summed E-state index contributed by atoms with van der Waals surface area (Å²) < 4.78 is 0. The van der Waals surface area contributed by atoms with Gasteiger partial charge in [-0.2, -0.15) is 11.8 Å². The van der Waals surface area contributed by atoms with Crippen molar-refractivity contribution in [2.24, 2.45) is 0 Å². The fraction of sp³-hybridized carbons (Fsp3) is 1.00. The van der Waals surface area contributed by atoms with Crippen LogP contribution in [0.1, 0.15) is 26.7 Å². The van der Waals surface area contributed by atoms with Crippen LogP contribution in [0.3, 0.4) is 0 Å². The van der Waals surface area contributed by atoms with Gasteiger partial charge in [0.15, 0.2) is 0 Å². The number of rotatable bonds is 4. The van der Waals surface area contributed by atoms with Gasteiger partial charge in [0, 0.05) is 0 Å². The molecule has 0 radical (unpaired) electrons. The molecule has 0 rings (SSSR count). The van der Waals surface area contributed by atoms with Gasteiger partial charge in [-0.1, -0.05) is 13.8 Å². The molecule has 0 saturated carbocycles. The number of hydrogen-bond donors (Lipinski definition) is 0. The zero-order valence-electron chi connectivity index (χ0n) is 5.24. The second-order valence-electron chi connectivity index (χ2n) is 1.61. The topological polar surface area (TPSA) is 0 Å². The van der Waals surface area contributed by atoms with Crippen molar-refractivity contribution in [1.29, 1.82) is 0 Å². The molecule has 0 bridgehead atoms. The summed E-state index contributed by atoms with van der Waals surface area (Å²) >= 11 is 2.05. The molecule has 46 valence electrons. The Morgan fingerprint density at radius 3 is 1.62 bits per heavy atom. The van der Waals surface area contributed by atoms with Crippen LogP contribution in [0.5, 0.6) is 0 Å². The van der Waals surface area contributed by atoms with Crippen LogP contribution in [-0.2, 0) is 0 Å². The van der Waals surface area contributed by atoms with Gasteiger partial charge < -0.3 is 0 Å². The van der Waals surface area contributed by atoms with Gasteiger partial charge in [0.2, 0.25) is 0 Å². The maximum absolute atomic E-state index is 2.22. The standard InChI is InChI=1S/C6H14S.Na.H/c1-3-5-7-6-4-2;;/h3-6H2,1-2H3;;. The van der Waals surface area contributed by atoms with Crippen LogP contribution >= 0.6 is 11.8 Å². The summed E-state index contributed by atoms with van der Waals surface area (Å²) in [4.78, 5) is 0. The SMILES string of the molecule is CCCSCCC.[NaH]. The van der Waals surface area contributed by atoms with Crippen LogP contribution in [0.4, 0.5) is 0 Å². The van der Waals surface area contributed by atoms with E-state index in [1.165, 1.54) is 24.3 Å². The molecule has 0 aliphatic heterocycles. The van der Waals surface area contributed by atoms with Crippen molar-refractivity contribution in [2.45, 2.75) is 26.7 Å². The molecule has 0 nitrogen and oxygen atoms in total. The number of thioether (sulfide) groups is 1. The van der Waals surface area contributed by atoms with Gasteiger partial charge in [-0.3, -0.25) is 0 Å². The molecule has 0 heterocycles. The molecule has 0 aromatic heterocycles. The van der Waals surface area contributed by atoms with Gasteiger partial charge in [-0.05, 0) is 24.3 Å². The van der Waals surface area contributed by atoms with Gasteiger partial charge in [-0.15, -0.1) is 0 Å². The normalized spacial score (nSPS) is 8.25. The molecule has 0 aromatic rings. The Bertz CT molecular complexity index is 27.7. The monoisotopic (exact) mass is 142 g/mol. The van der Waals surface area contributed by atoms with Crippen molar-refractivity contribution >= 4 is 41.3 Å². The van der Waals surface area contributed by atoms with Crippen LogP contribution in [-0.4, -0.2) is 41.1 Å². The molecule has 2 heteroatoms. The molecule has 8 heavy (non-hydrogen) atoms. The summed E-state index contributed by atoms with van der Waals surface area (Å²) in [6, 6.07) is 0. The van der Waals surface area contributed by atoms with Crippen LogP contribution in [0.2, 0.25) is 0 Å². The predicted molar refractivity (Wildman–Crippen MR) is 45.1 cm³/mol. The van der Waals surface area contributed by atoms with E-state index in [4.69, 9.17) is 0 Å². The molecule has 0 aliphatic rings. The molecule has 0 spiro atoms. The van der Waals surface area contributed by atoms with Crippen molar-refractivity contribution in [3.05, 3.63) is 0 Å². The first-order valence-corrected chi connectivity index (χ1v) is 4.15. The maximum atomic E-state index is 2.22. The van der Waals surface area contributed by atoms with E-state index in [0.717, 1.165) is 0 Å². The van der Waals surface area contributed by atoms with Gasteiger partial charge in [0.05, 0.1) is 0 Å². The second kappa shape index (κ2) is 11.2. The molecular weight excluding hydrogens is 127 g/mol. The molecule has 0 aromatic carbocycles. The Morgan fingerprint density at radius 1 is 1.00 bits per heavy atom. The van der Waals surface area contributed by atoms with E-state index >= 15 is 0 Å². The summed E-state index contributed by atoms with van der Waals surface area (Å²) in [5.41, 5.74) is 0. The minimum absolute atomic E-state index is 0. The summed E-state index contributed by atoms with van der Waals surface area (Å²) in [6.45, 7) is 4.45. The number of hydrogen-bond acceptors (Lipinski definition) is 1. The van der Waals surface area contributed by atoms with Crippen LogP contribution in [0, 0.1) is 0 Å². The summed E-state index contributed by atoms with van der Waals surface area (Å²) in [5.74, 6) is 2.68. The second-order valence-corrected chi connectivity index (χ2v) is 2.84. The third-order valence-corrected chi connectivity index (χ3v) is 2.09. The predicted octanol–water partition coefficient (Wildman–Crippen LogP) is 1.89. The van der Waals surface area contributed by atoms with E-state index in [1.54, 1.807) is 0 Å². The molecule has 0 aliphatic carbocycles. The van der Waals surface area contributed by atoms with Crippen molar-refractivity contribution in [1.82, 2.24) is 0 Å². The van der Waals surface area contributed by atoms with E-state index in [-0.39, 0.29) is 29.6 Å². The van der Waals surface area contributed by atoms with Crippen LogP contribution < -0.4 is 0 Å². The van der Waals surface area contributed by atoms with E-state index in [0.29, 0.717) is 0 Å². The average Bonchev–Trinajstić information content (AvgIpc) is 1.69. The molecule has 0 saturated heterocycles. The van der Waals surface area contributed by atoms with Gasteiger partial charge in [0.1, 0.15) is 0 Å². The Kier molecular flexibility index (Phi) is 16.9. The molecule has 0 fully saturated rings. The van der Waals surface area contributed by atoms with E-state index in [2.05, 4.69) is 25.6 Å². The molecule has 0 unspecified atom stereocenters. The Balaban J connectivity index is 0. The summed E-state index contributed by atoms with van der Waals surface area (Å²) in [7, 11) is 0. The first-order chi connectivity index (χ1) is 3.41. The Morgan fingerprint density at radius 2 is 1.38 bits per heavy atom. The fourth-order valence-electron chi connectivity index (χ4n) is 0.391. The van der Waals surface area contributed by atoms with E-state index < -0.39 is 0 Å². The molecule has 0 N–H and O–H groups in total. The quantitative estimate of drug-likeness (QED) is 0.426. The average molecular weight is 142 g/mol. The molecular formula is C6H15NaS. The fourth-order valence-corrected chi connectivity index (χ4v) is 1.17. The van der Waals surface area contributed by atoms with E-state index in [9.17, 15) is 0 Å². The summed E-state index contributed by atoms with van der Waals surface area (Å²) in [5, 5.41) is 0. The zero-order valence-corrected chi connectivity index (χ0v) is 6.05. The van der Waals surface area contributed by atoms with Gasteiger partial charge in [0.25, 0.3) is 0 Å². The van der Waals surface area contributed by atoms with E-state index in [1.807, 2.05) is 0 Å². The third kappa shape index (κ3) is 10.4. The zero-order chi connectivity index (χ0) is 5.54. The van der Waals surface area contributed by atoms with Gasteiger partial charge >= 0.3 is 29.6 Å². The Labute approximate surface area is 79.1 Å². The first-order valence-electron chi connectivity index (χ1n) is 2.99. The summed E-state index contributed by atoms with van der Waals surface area (Å²) in [6.07, 6.45) is 2.65. The van der Waals surface area contributed by atoms with Crippen molar-refractivity contribution in [3.63, 3.8) is 0 Å². The molecule has 0 atom stereocenters. The van der Waals surface area contributed by atoms with Crippen LogP contribution in [0.15, 0.2) is 0 Å². The Hall–Kier alpha value is 1.35. The van der Waals surface area contributed by atoms with Crippen molar-refractivity contribution in [2.75, 3.05) is 11.5 Å². The third-order valence-electron chi connectivity index (χ3n) is 0.697. The van der Waals surface area contributed by atoms with Crippen molar-refractivity contribution < 1.29 is 0 Å².